The van der Waals surface area contributed by atoms with Crippen molar-refractivity contribution < 1.29 is 0 Å². The molecule has 1 atom stereocenters. The Bertz CT molecular complexity index is 717. The first-order chi connectivity index (χ1) is 9.76. The Morgan fingerprint density at radius 3 is 2.95 bits per heavy atom. The van der Waals surface area contributed by atoms with E-state index in [4.69, 9.17) is 0 Å². The van der Waals surface area contributed by atoms with Crippen LogP contribution in [0.1, 0.15) is 30.6 Å². The minimum absolute atomic E-state index is 0.176. The van der Waals surface area contributed by atoms with Gasteiger partial charge in [0, 0.05) is 17.8 Å². The minimum Gasteiger partial charge on any atom is -0.362 e. The second-order valence-electron chi connectivity index (χ2n) is 4.98. The molecule has 0 radical (unpaired) electrons. The molecular weight excluding hydrogens is 248 g/mol. The number of aryl methyl sites for hydroxylation is 1. The zero-order valence-corrected chi connectivity index (χ0v) is 11.7. The number of hydrogen-bond donors (Lipinski definition) is 2. The van der Waals surface area contributed by atoms with Crippen LogP contribution in [0, 0.1) is 6.92 Å². The van der Waals surface area contributed by atoms with Crippen LogP contribution in [0.15, 0.2) is 42.7 Å². The van der Waals surface area contributed by atoms with Crippen molar-refractivity contribution in [2.24, 2.45) is 0 Å². The molecule has 0 aliphatic heterocycles. The normalized spacial score (nSPS) is 12.5. The summed E-state index contributed by atoms with van der Waals surface area (Å²) in [5.74, 6) is 0.870. The van der Waals surface area contributed by atoms with Gasteiger partial charge >= 0.3 is 0 Å². The van der Waals surface area contributed by atoms with Crippen molar-refractivity contribution in [2.75, 3.05) is 5.32 Å². The second-order valence-corrected chi connectivity index (χ2v) is 4.98. The van der Waals surface area contributed by atoms with E-state index in [1.165, 1.54) is 5.56 Å². The Morgan fingerprint density at radius 2 is 2.15 bits per heavy atom. The van der Waals surface area contributed by atoms with E-state index in [1.807, 2.05) is 30.6 Å². The summed E-state index contributed by atoms with van der Waals surface area (Å²) < 4.78 is 0. The standard InChI is InChI=1S/C16H18N4/c1-3-13(14-10-11(2)6-8-17-14)19-15-5-4-12-7-9-18-16(12)20-15/h4-10,13H,3H2,1-2H3,(H2,18,19,20)/t13-/m1/s1. The van der Waals surface area contributed by atoms with Crippen LogP contribution in [-0.4, -0.2) is 15.0 Å². The van der Waals surface area contributed by atoms with Gasteiger partial charge in [-0.2, -0.15) is 0 Å². The molecule has 0 bridgehead atoms. The van der Waals surface area contributed by atoms with E-state index in [0.29, 0.717) is 0 Å². The fourth-order valence-electron chi connectivity index (χ4n) is 2.32. The molecule has 3 rings (SSSR count). The third kappa shape index (κ3) is 2.50. The van der Waals surface area contributed by atoms with Crippen LogP contribution in [0.2, 0.25) is 0 Å². The number of nitrogens with one attached hydrogen (secondary N) is 2. The summed E-state index contributed by atoms with van der Waals surface area (Å²) in [5.41, 5.74) is 3.19. The van der Waals surface area contributed by atoms with Gasteiger partial charge < -0.3 is 10.3 Å². The molecule has 0 fully saturated rings. The molecule has 4 nitrogen and oxygen atoms in total. The minimum atomic E-state index is 0.176. The molecule has 3 heterocycles. The van der Waals surface area contributed by atoms with Gasteiger partial charge in [-0.3, -0.25) is 4.98 Å². The van der Waals surface area contributed by atoms with Crippen molar-refractivity contribution >= 4 is 16.9 Å². The Kier molecular flexibility index (Phi) is 3.37. The van der Waals surface area contributed by atoms with Gasteiger partial charge in [-0.1, -0.05) is 6.92 Å². The first-order valence-corrected chi connectivity index (χ1v) is 6.89. The first-order valence-electron chi connectivity index (χ1n) is 6.89. The summed E-state index contributed by atoms with van der Waals surface area (Å²) >= 11 is 0. The molecular formula is C16H18N4. The number of hydrogen-bond acceptors (Lipinski definition) is 3. The van der Waals surface area contributed by atoms with Gasteiger partial charge in [-0.15, -0.1) is 0 Å². The van der Waals surface area contributed by atoms with Crippen molar-refractivity contribution in [2.45, 2.75) is 26.3 Å². The molecule has 0 aromatic carbocycles. The number of fused-ring (bicyclic) bond motifs is 1. The summed E-state index contributed by atoms with van der Waals surface area (Å²) in [6.45, 7) is 4.23. The Labute approximate surface area is 118 Å². The van der Waals surface area contributed by atoms with Crippen molar-refractivity contribution in [3.63, 3.8) is 0 Å². The highest BCUT2D eigenvalue weighted by Gasteiger charge is 2.11. The Hall–Kier alpha value is -2.36. The maximum absolute atomic E-state index is 4.58. The topological polar surface area (TPSA) is 53.6 Å². The zero-order chi connectivity index (χ0) is 13.9. The summed E-state index contributed by atoms with van der Waals surface area (Å²) in [6, 6.07) is 10.4. The average Bonchev–Trinajstić information content (AvgIpc) is 2.92. The van der Waals surface area contributed by atoms with Gasteiger partial charge in [-0.25, -0.2) is 4.98 Å². The monoisotopic (exact) mass is 266 g/mol. The number of anilines is 1. The van der Waals surface area contributed by atoms with Crippen molar-refractivity contribution in [3.8, 4) is 0 Å². The number of aromatic nitrogens is 3. The first kappa shape index (κ1) is 12.7. The van der Waals surface area contributed by atoms with Crippen LogP contribution < -0.4 is 5.32 Å². The largest absolute Gasteiger partial charge is 0.362 e. The molecule has 0 aliphatic rings. The maximum Gasteiger partial charge on any atom is 0.139 e. The van der Waals surface area contributed by atoms with Gasteiger partial charge in [0.25, 0.3) is 0 Å². The number of aromatic amines is 1. The third-order valence-corrected chi connectivity index (χ3v) is 3.43. The lowest BCUT2D eigenvalue weighted by molar-refractivity contribution is 0.718. The highest BCUT2D eigenvalue weighted by Crippen LogP contribution is 2.22. The van der Waals surface area contributed by atoms with E-state index in [2.05, 4.69) is 46.2 Å². The predicted octanol–water partition coefficient (Wildman–Crippen LogP) is 3.83. The van der Waals surface area contributed by atoms with E-state index < -0.39 is 0 Å². The molecule has 4 heteroatoms. The van der Waals surface area contributed by atoms with Crippen molar-refractivity contribution in [3.05, 3.63) is 54.0 Å². The van der Waals surface area contributed by atoms with E-state index in [-0.39, 0.29) is 6.04 Å². The molecule has 0 saturated heterocycles. The number of H-pyrrole nitrogens is 1. The highest BCUT2D eigenvalue weighted by molar-refractivity contribution is 5.77. The van der Waals surface area contributed by atoms with Crippen molar-refractivity contribution in [1.82, 2.24) is 15.0 Å². The summed E-state index contributed by atoms with van der Waals surface area (Å²) in [4.78, 5) is 12.2. The molecule has 0 aliphatic carbocycles. The fraction of sp³-hybridized carbons (Fsp3) is 0.250. The number of rotatable bonds is 4. The molecule has 3 aromatic rings. The molecule has 0 saturated carbocycles. The van der Waals surface area contributed by atoms with E-state index in [1.54, 1.807) is 0 Å². The van der Waals surface area contributed by atoms with Crippen LogP contribution in [0.4, 0.5) is 5.82 Å². The number of nitrogens with zero attached hydrogens (tertiary/aromatic N) is 2. The Morgan fingerprint density at radius 1 is 1.25 bits per heavy atom. The molecule has 0 unspecified atom stereocenters. The lowest BCUT2D eigenvalue weighted by Gasteiger charge is -2.17. The number of pyridine rings is 2. The summed E-state index contributed by atoms with van der Waals surface area (Å²) in [7, 11) is 0. The summed E-state index contributed by atoms with van der Waals surface area (Å²) in [5, 5.41) is 4.58. The predicted molar refractivity (Wildman–Crippen MR) is 81.7 cm³/mol. The van der Waals surface area contributed by atoms with Crippen LogP contribution in [-0.2, 0) is 0 Å². The lowest BCUT2D eigenvalue weighted by Crippen LogP contribution is -2.12. The second kappa shape index (κ2) is 5.33. The molecule has 3 aromatic heterocycles. The molecule has 0 spiro atoms. The smallest absolute Gasteiger partial charge is 0.139 e. The SMILES string of the molecule is CC[C@@H](Nc1ccc2cc[nH]c2n1)c1cc(C)ccn1. The molecule has 2 N–H and O–H groups in total. The summed E-state index contributed by atoms with van der Waals surface area (Å²) in [6.07, 6.45) is 4.72. The zero-order valence-electron chi connectivity index (χ0n) is 11.7. The van der Waals surface area contributed by atoms with Crippen LogP contribution in [0.25, 0.3) is 11.0 Å². The van der Waals surface area contributed by atoms with Gasteiger partial charge in [0.1, 0.15) is 11.5 Å². The average molecular weight is 266 g/mol. The van der Waals surface area contributed by atoms with Crippen LogP contribution in [0.3, 0.4) is 0 Å². The van der Waals surface area contributed by atoms with E-state index in [9.17, 15) is 0 Å². The van der Waals surface area contributed by atoms with Crippen LogP contribution in [0.5, 0.6) is 0 Å². The quantitative estimate of drug-likeness (QED) is 0.754. The van der Waals surface area contributed by atoms with E-state index >= 15 is 0 Å². The van der Waals surface area contributed by atoms with Crippen LogP contribution >= 0.6 is 0 Å². The lowest BCUT2D eigenvalue weighted by atomic mass is 10.1. The molecule has 0 amide bonds. The van der Waals surface area contributed by atoms with Gasteiger partial charge in [0.05, 0.1) is 11.7 Å². The third-order valence-electron chi connectivity index (χ3n) is 3.43. The maximum atomic E-state index is 4.58. The Balaban J connectivity index is 1.87. The van der Waals surface area contributed by atoms with Gasteiger partial charge in [-0.05, 0) is 49.2 Å². The fourth-order valence-corrected chi connectivity index (χ4v) is 2.32. The van der Waals surface area contributed by atoms with E-state index in [0.717, 1.165) is 29.0 Å². The highest BCUT2D eigenvalue weighted by atomic mass is 15.0. The van der Waals surface area contributed by atoms with Gasteiger partial charge in [0.2, 0.25) is 0 Å². The van der Waals surface area contributed by atoms with Crippen molar-refractivity contribution in [1.29, 1.82) is 0 Å². The molecule has 20 heavy (non-hydrogen) atoms. The van der Waals surface area contributed by atoms with Gasteiger partial charge in [0.15, 0.2) is 0 Å². The molecule has 102 valence electrons.